The fourth-order valence-corrected chi connectivity index (χ4v) is 1.54. The highest BCUT2D eigenvalue weighted by Gasteiger charge is 2.27. The molecule has 0 saturated carbocycles. The van der Waals surface area contributed by atoms with Crippen molar-refractivity contribution in [3.05, 3.63) is 29.6 Å². The van der Waals surface area contributed by atoms with E-state index in [4.69, 9.17) is 5.11 Å². The summed E-state index contributed by atoms with van der Waals surface area (Å²) in [4.78, 5) is 26.8. The van der Waals surface area contributed by atoms with Crippen LogP contribution in [0.3, 0.4) is 0 Å². The van der Waals surface area contributed by atoms with E-state index in [0.29, 0.717) is 12.0 Å². The van der Waals surface area contributed by atoms with Crippen LogP contribution in [0.15, 0.2) is 18.3 Å². The lowest BCUT2D eigenvalue weighted by Gasteiger charge is -2.27. The smallest absolute Gasteiger partial charge is 0.305 e. The molecule has 1 rings (SSSR count). The van der Waals surface area contributed by atoms with Gasteiger partial charge in [0.2, 0.25) is 0 Å². The molecule has 0 saturated heterocycles. The van der Waals surface area contributed by atoms with Gasteiger partial charge < -0.3 is 10.4 Å². The molecule has 0 radical (unpaired) electrons. The molecule has 0 unspecified atom stereocenters. The summed E-state index contributed by atoms with van der Waals surface area (Å²) in [6, 6.07) is 3.42. The van der Waals surface area contributed by atoms with Crippen molar-refractivity contribution in [3.63, 3.8) is 0 Å². The predicted molar refractivity (Wildman–Crippen MR) is 67.4 cm³/mol. The number of carboxylic acid groups (broad SMARTS) is 1. The molecular formula is C13H18N2O3. The molecule has 5 heteroatoms. The van der Waals surface area contributed by atoms with E-state index in [1.165, 1.54) is 6.20 Å². The molecule has 1 atom stereocenters. The van der Waals surface area contributed by atoms with Gasteiger partial charge in [-0.3, -0.25) is 14.6 Å². The summed E-state index contributed by atoms with van der Waals surface area (Å²) >= 11 is 0. The van der Waals surface area contributed by atoms with E-state index in [0.717, 1.165) is 5.69 Å². The van der Waals surface area contributed by atoms with Crippen LogP contribution < -0.4 is 5.32 Å². The number of hydrogen-bond acceptors (Lipinski definition) is 3. The highest BCUT2D eigenvalue weighted by atomic mass is 16.4. The van der Waals surface area contributed by atoms with Crippen molar-refractivity contribution < 1.29 is 14.7 Å². The van der Waals surface area contributed by atoms with Gasteiger partial charge in [0.05, 0.1) is 12.0 Å². The Morgan fingerprint density at radius 2 is 2.11 bits per heavy atom. The molecule has 1 aromatic rings. The minimum Gasteiger partial charge on any atom is -0.481 e. The monoisotopic (exact) mass is 250 g/mol. The topological polar surface area (TPSA) is 79.3 Å². The number of nitrogens with zero attached hydrogens (tertiary/aromatic N) is 1. The number of aliphatic carboxylic acids is 1. The van der Waals surface area contributed by atoms with E-state index >= 15 is 0 Å². The molecule has 18 heavy (non-hydrogen) atoms. The first-order valence-corrected chi connectivity index (χ1v) is 5.83. The van der Waals surface area contributed by atoms with Crippen molar-refractivity contribution in [2.75, 3.05) is 0 Å². The molecule has 1 heterocycles. The van der Waals surface area contributed by atoms with Crippen molar-refractivity contribution in [1.29, 1.82) is 0 Å². The molecule has 0 fully saturated rings. The lowest BCUT2D eigenvalue weighted by Crippen LogP contribution is -2.47. The molecule has 0 aliphatic heterocycles. The summed E-state index contributed by atoms with van der Waals surface area (Å²) in [6.45, 7) is 5.40. The van der Waals surface area contributed by atoms with E-state index in [-0.39, 0.29) is 12.3 Å². The number of hydrogen-bond donors (Lipinski definition) is 2. The van der Waals surface area contributed by atoms with Gasteiger partial charge in [-0.1, -0.05) is 6.92 Å². The Morgan fingerprint density at radius 3 is 2.56 bits per heavy atom. The number of amides is 1. The molecule has 0 spiro atoms. The van der Waals surface area contributed by atoms with E-state index in [9.17, 15) is 9.59 Å². The molecule has 5 nitrogen and oxygen atoms in total. The van der Waals surface area contributed by atoms with E-state index in [1.54, 1.807) is 19.1 Å². The van der Waals surface area contributed by atoms with Crippen molar-refractivity contribution in [2.45, 2.75) is 39.2 Å². The van der Waals surface area contributed by atoms with Gasteiger partial charge in [0.15, 0.2) is 0 Å². The third-order valence-corrected chi connectivity index (χ3v) is 2.91. The molecule has 98 valence electrons. The van der Waals surface area contributed by atoms with Crippen LogP contribution in [-0.4, -0.2) is 27.5 Å². The standard InChI is InChI=1S/C13H18N2O3/c1-4-13(3,7-11(16)17)15-12(18)10-6-5-9(2)14-8-10/h5-6,8H,4,7H2,1-3H3,(H,15,18)(H,16,17)/t13-/m1/s1. The maximum atomic E-state index is 12.0. The van der Waals surface area contributed by atoms with Crippen LogP contribution >= 0.6 is 0 Å². The number of pyridine rings is 1. The normalized spacial score (nSPS) is 13.7. The Kier molecular flexibility index (Phi) is 4.42. The number of carbonyl (C=O) groups excluding carboxylic acids is 1. The van der Waals surface area contributed by atoms with Crippen molar-refractivity contribution in [2.24, 2.45) is 0 Å². The van der Waals surface area contributed by atoms with Gasteiger partial charge in [-0.2, -0.15) is 0 Å². The SMILES string of the molecule is CC[C@](C)(CC(=O)O)NC(=O)c1ccc(C)nc1. The minimum atomic E-state index is -0.929. The fraction of sp³-hybridized carbons (Fsp3) is 0.462. The van der Waals surface area contributed by atoms with E-state index in [2.05, 4.69) is 10.3 Å². The van der Waals surface area contributed by atoms with Gasteiger partial charge in [-0.05, 0) is 32.4 Å². The Morgan fingerprint density at radius 1 is 1.44 bits per heavy atom. The van der Waals surface area contributed by atoms with Crippen LogP contribution in [0.2, 0.25) is 0 Å². The van der Waals surface area contributed by atoms with E-state index < -0.39 is 11.5 Å². The maximum Gasteiger partial charge on any atom is 0.305 e. The second kappa shape index (κ2) is 5.62. The third-order valence-electron chi connectivity index (χ3n) is 2.91. The molecule has 0 bridgehead atoms. The largest absolute Gasteiger partial charge is 0.481 e. The van der Waals surface area contributed by atoms with E-state index in [1.807, 2.05) is 13.8 Å². The molecule has 0 aliphatic rings. The highest BCUT2D eigenvalue weighted by molar-refractivity contribution is 5.94. The zero-order valence-corrected chi connectivity index (χ0v) is 10.9. The van der Waals surface area contributed by atoms with Crippen LogP contribution in [0.5, 0.6) is 0 Å². The van der Waals surface area contributed by atoms with Crippen LogP contribution in [0.1, 0.15) is 42.7 Å². The first-order valence-electron chi connectivity index (χ1n) is 5.83. The summed E-state index contributed by atoms with van der Waals surface area (Å²) in [5, 5.41) is 11.6. The highest BCUT2D eigenvalue weighted by Crippen LogP contribution is 2.15. The Labute approximate surface area is 106 Å². The van der Waals surface area contributed by atoms with Gasteiger partial charge >= 0.3 is 5.97 Å². The molecule has 2 N–H and O–H groups in total. The lowest BCUT2D eigenvalue weighted by molar-refractivity contribution is -0.138. The number of carboxylic acids is 1. The number of rotatable bonds is 5. The molecule has 0 aliphatic carbocycles. The Balaban J connectivity index is 2.79. The second-order valence-electron chi connectivity index (χ2n) is 4.63. The zero-order chi connectivity index (χ0) is 13.8. The predicted octanol–water partition coefficient (Wildman–Crippen LogP) is 1.76. The van der Waals surface area contributed by atoms with Crippen molar-refractivity contribution in [3.8, 4) is 0 Å². The van der Waals surface area contributed by atoms with Crippen LogP contribution in [0, 0.1) is 6.92 Å². The van der Waals surface area contributed by atoms with Gasteiger partial charge in [0.25, 0.3) is 5.91 Å². The van der Waals surface area contributed by atoms with Crippen molar-refractivity contribution in [1.82, 2.24) is 10.3 Å². The van der Waals surface area contributed by atoms with Crippen LogP contribution in [0.4, 0.5) is 0 Å². The number of aryl methyl sites for hydroxylation is 1. The Hall–Kier alpha value is -1.91. The average molecular weight is 250 g/mol. The summed E-state index contributed by atoms with van der Waals surface area (Å²) in [5.41, 5.74) is 0.523. The summed E-state index contributed by atoms with van der Waals surface area (Å²) in [6.07, 6.45) is 1.93. The zero-order valence-electron chi connectivity index (χ0n) is 10.9. The fourth-order valence-electron chi connectivity index (χ4n) is 1.54. The first kappa shape index (κ1) is 14.2. The van der Waals surface area contributed by atoms with Gasteiger partial charge in [0.1, 0.15) is 0 Å². The summed E-state index contributed by atoms with van der Waals surface area (Å²) in [7, 11) is 0. The van der Waals surface area contributed by atoms with Crippen molar-refractivity contribution >= 4 is 11.9 Å². The van der Waals surface area contributed by atoms with Gasteiger partial charge in [0, 0.05) is 17.4 Å². The van der Waals surface area contributed by atoms with Gasteiger partial charge in [-0.25, -0.2) is 0 Å². The molecule has 1 aromatic heterocycles. The molecule has 0 aromatic carbocycles. The maximum absolute atomic E-state index is 12.0. The quantitative estimate of drug-likeness (QED) is 0.834. The van der Waals surface area contributed by atoms with Crippen LogP contribution in [-0.2, 0) is 4.79 Å². The summed E-state index contributed by atoms with van der Waals surface area (Å²) in [5.74, 6) is -1.23. The molecule has 1 amide bonds. The second-order valence-corrected chi connectivity index (χ2v) is 4.63. The Bertz CT molecular complexity index is 442. The van der Waals surface area contributed by atoms with Crippen LogP contribution in [0.25, 0.3) is 0 Å². The average Bonchev–Trinajstić information content (AvgIpc) is 2.28. The lowest BCUT2D eigenvalue weighted by atomic mass is 9.94. The number of carbonyl (C=O) groups is 2. The third kappa shape index (κ3) is 3.84. The number of nitrogens with one attached hydrogen (secondary N) is 1. The first-order chi connectivity index (χ1) is 8.36. The summed E-state index contributed by atoms with van der Waals surface area (Å²) < 4.78 is 0. The molecular weight excluding hydrogens is 232 g/mol. The van der Waals surface area contributed by atoms with Gasteiger partial charge in [-0.15, -0.1) is 0 Å². The number of aromatic nitrogens is 1. The minimum absolute atomic E-state index is 0.103.